The standard InChI is InChI=1S/C36H30N2O6/c1-38-17-7-16-37-32(38)15-14-22-8-6-11-25(18-22)44-36(43)31-20-24-10-3-5-13-27(24)29(34(31)40)21-28-26-12-4-2-9-23(26)19-30(33(28)39)35(41)42/h2-6,8-15,18-20,39-40H,7,16-17,21H2,1H3,(H,41,42)/b15-14+. The number of fused-ring (bicyclic) bond motifs is 2. The summed E-state index contributed by atoms with van der Waals surface area (Å²) >= 11 is 0. The fourth-order valence-corrected chi connectivity index (χ4v) is 5.61. The van der Waals surface area contributed by atoms with Crippen molar-refractivity contribution in [1.29, 1.82) is 0 Å². The van der Waals surface area contributed by atoms with Crippen molar-refractivity contribution >= 4 is 45.4 Å². The number of likely N-dealkylation sites (N-methyl/N-ethyl adjacent to an activating group) is 1. The number of amidine groups is 1. The molecule has 1 aliphatic heterocycles. The Balaban J connectivity index is 1.37. The van der Waals surface area contributed by atoms with E-state index < -0.39 is 11.9 Å². The molecule has 0 radical (unpaired) electrons. The van der Waals surface area contributed by atoms with Crippen molar-refractivity contribution < 1.29 is 29.6 Å². The largest absolute Gasteiger partial charge is 0.507 e. The summed E-state index contributed by atoms with van der Waals surface area (Å²) in [7, 11) is 2.00. The number of benzene rings is 5. The van der Waals surface area contributed by atoms with Gasteiger partial charge in [0.25, 0.3) is 0 Å². The highest BCUT2D eigenvalue weighted by Gasteiger charge is 2.24. The van der Waals surface area contributed by atoms with Gasteiger partial charge in [0.2, 0.25) is 0 Å². The first-order valence-corrected chi connectivity index (χ1v) is 14.3. The number of hydrogen-bond acceptors (Lipinski definition) is 7. The number of rotatable bonds is 7. The molecule has 8 heteroatoms. The number of phenolic OH excluding ortho intramolecular Hbond substituents is 1. The summed E-state index contributed by atoms with van der Waals surface area (Å²) in [5.41, 5.74) is 1.23. The number of aromatic carboxylic acids is 1. The van der Waals surface area contributed by atoms with E-state index in [9.17, 15) is 24.9 Å². The molecule has 8 nitrogen and oxygen atoms in total. The average Bonchev–Trinajstić information content (AvgIpc) is 3.02. The lowest BCUT2D eigenvalue weighted by Crippen LogP contribution is -2.30. The second-order valence-electron chi connectivity index (χ2n) is 10.7. The SMILES string of the molecule is CN1CCCN=C1/C=C/c1cccc(OC(=O)c2cc3ccccc3c(Cc3c(O)c(C(=O)O)cc4ccccc34)c2O)c1. The van der Waals surface area contributed by atoms with E-state index in [0.29, 0.717) is 38.4 Å². The van der Waals surface area contributed by atoms with Crippen LogP contribution < -0.4 is 4.74 Å². The van der Waals surface area contributed by atoms with E-state index in [1.54, 1.807) is 48.5 Å². The molecule has 0 aromatic heterocycles. The quantitative estimate of drug-likeness (QED) is 0.144. The predicted molar refractivity (Wildman–Crippen MR) is 171 cm³/mol. The van der Waals surface area contributed by atoms with Gasteiger partial charge in [0.05, 0.1) is 0 Å². The van der Waals surface area contributed by atoms with Crippen molar-refractivity contribution in [3.05, 3.63) is 119 Å². The van der Waals surface area contributed by atoms with E-state index in [4.69, 9.17) is 4.74 Å². The number of carboxylic acid groups (broad SMARTS) is 1. The Morgan fingerprint density at radius 2 is 1.48 bits per heavy atom. The average molecular weight is 587 g/mol. The maximum atomic E-state index is 13.5. The zero-order valence-corrected chi connectivity index (χ0v) is 24.0. The number of aliphatic imine (C=N–C) groups is 1. The Morgan fingerprint density at radius 1 is 0.841 bits per heavy atom. The van der Waals surface area contributed by atoms with Gasteiger partial charge in [-0.15, -0.1) is 0 Å². The van der Waals surface area contributed by atoms with Crippen LogP contribution in [0.1, 0.15) is 43.8 Å². The Morgan fingerprint density at radius 3 is 2.14 bits per heavy atom. The van der Waals surface area contributed by atoms with Gasteiger partial charge in [-0.2, -0.15) is 0 Å². The first-order chi connectivity index (χ1) is 21.3. The molecule has 0 bridgehead atoms. The van der Waals surface area contributed by atoms with Gasteiger partial charge >= 0.3 is 11.9 Å². The van der Waals surface area contributed by atoms with Crippen molar-refractivity contribution in [2.24, 2.45) is 4.99 Å². The van der Waals surface area contributed by atoms with E-state index >= 15 is 0 Å². The van der Waals surface area contributed by atoms with Crippen LogP contribution in [-0.2, 0) is 6.42 Å². The zero-order chi connectivity index (χ0) is 30.8. The first kappa shape index (κ1) is 28.5. The third kappa shape index (κ3) is 5.57. The molecule has 0 amide bonds. The van der Waals surface area contributed by atoms with Crippen molar-refractivity contribution in [2.75, 3.05) is 20.1 Å². The second-order valence-corrected chi connectivity index (χ2v) is 10.7. The number of hydrogen-bond donors (Lipinski definition) is 3. The smallest absolute Gasteiger partial charge is 0.347 e. The molecule has 0 spiro atoms. The number of carbonyl (C=O) groups is 2. The van der Waals surface area contributed by atoms with E-state index in [1.807, 2.05) is 49.5 Å². The Labute approximate surface area is 253 Å². The summed E-state index contributed by atoms with van der Waals surface area (Å²) in [4.78, 5) is 32.1. The summed E-state index contributed by atoms with van der Waals surface area (Å²) in [6.45, 7) is 1.73. The van der Waals surface area contributed by atoms with Crippen LogP contribution in [0.2, 0.25) is 0 Å². The van der Waals surface area contributed by atoms with Crippen LogP contribution in [0.15, 0.2) is 96.0 Å². The Hall–Kier alpha value is -5.63. The lowest BCUT2D eigenvalue weighted by molar-refractivity contribution is 0.0691. The van der Waals surface area contributed by atoms with E-state index in [2.05, 4.69) is 9.89 Å². The van der Waals surface area contributed by atoms with E-state index in [-0.39, 0.29) is 29.0 Å². The molecule has 6 rings (SSSR count). The summed E-state index contributed by atoms with van der Waals surface area (Å²) in [5, 5.41) is 34.9. The predicted octanol–water partition coefficient (Wildman–Crippen LogP) is 6.66. The molecule has 0 saturated carbocycles. The zero-order valence-electron chi connectivity index (χ0n) is 24.0. The Bertz CT molecular complexity index is 1990. The molecule has 0 saturated heterocycles. The Kier molecular flexibility index (Phi) is 7.72. The summed E-state index contributed by atoms with van der Waals surface area (Å²) in [6.07, 6.45) is 4.83. The van der Waals surface area contributed by atoms with Gasteiger partial charge in [0.15, 0.2) is 0 Å². The number of carboxylic acids is 1. The van der Waals surface area contributed by atoms with E-state index in [0.717, 1.165) is 30.9 Å². The molecule has 1 aliphatic rings. The molecular formula is C36H30N2O6. The van der Waals surface area contributed by atoms with Gasteiger partial charge in [-0.1, -0.05) is 66.7 Å². The third-order valence-electron chi connectivity index (χ3n) is 7.87. The van der Waals surface area contributed by atoms with Gasteiger partial charge in [-0.05, 0) is 63.9 Å². The first-order valence-electron chi connectivity index (χ1n) is 14.3. The monoisotopic (exact) mass is 586 g/mol. The van der Waals surface area contributed by atoms with Crippen molar-refractivity contribution in [3.8, 4) is 17.2 Å². The van der Waals surface area contributed by atoms with Crippen LogP contribution in [0.25, 0.3) is 27.6 Å². The molecule has 0 atom stereocenters. The minimum atomic E-state index is -1.27. The maximum Gasteiger partial charge on any atom is 0.347 e. The van der Waals surface area contributed by atoms with Gasteiger partial charge < -0.3 is 25.0 Å². The minimum absolute atomic E-state index is 0.0282. The highest BCUT2D eigenvalue weighted by Crippen LogP contribution is 2.39. The molecular weight excluding hydrogens is 556 g/mol. The number of carbonyl (C=O) groups excluding carboxylic acids is 1. The van der Waals surface area contributed by atoms with Crippen molar-refractivity contribution in [3.63, 3.8) is 0 Å². The lowest BCUT2D eigenvalue weighted by atomic mass is 9.90. The van der Waals surface area contributed by atoms with Gasteiger partial charge in [-0.3, -0.25) is 4.99 Å². The van der Waals surface area contributed by atoms with Crippen molar-refractivity contribution in [2.45, 2.75) is 12.8 Å². The minimum Gasteiger partial charge on any atom is -0.507 e. The van der Waals surface area contributed by atoms with Gasteiger partial charge in [0.1, 0.15) is 34.2 Å². The normalized spacial score (nSPS) is 13.4. The van der Waals surface area contributed by atoms with Crippen LogP contribution in [-0.4, -0.2) is 58.1 Å². The van der Waals surface area contributed by atoms with Crippen LogP contribution in [0.5, 0.6) is 17.2 Å². The molecule has 44 heavy (non-hydrogen) atoms. The highest BCUT2D eigenvalue weighted by molar-refractivity contribution is 6.03. The number of ether oxygens (including phenoxy) is 1. The van der Waals surface area contributed by atoms with Crippen LogP contribution in [0.4, 0.5) is 0 Å². The molecule has 0 unspecified atom stereocenters. The van der Waals surface area contributed by atoms with Gasteiger partial charge in [-0.25, -0.2) is 9.59 Å². The lowest BCUT2D eigenvalue weighted by Gasteiger charge is -2.22. The molecule has 3 N–H and O–H groups in total. The third-order valence-corrected chi connectivity index (χ3v) is 7.87. The number of phenols is 2. The molecule has 220 valence electrons. The van der Waals surface area contributed by atoms with Crippen LogP contribution in [0.3, 0.4) is 0 Å². The molecule has 0 aliphatic carbocycles. The van der Waals surface area contributed by atoms with Gasteiger partial charge in [0, 0.05) is 37.7 Å². The molecule has 5 aromatic rings. The van der Waals surface area contributed by atoms with E-state index in [1.165, 1.54) is 6.07 Å². The summed E-state index contributed by atoms with van der Waals surface area (Å²) in [6, 6.07) is 24.5. The molecule has 0 fully saturated rings. The molecule has 1 heterocycles. The fraction of sp³-hybridized carbons (Fsp3) is 0.139. The highest BCUT2D eigenvalue weighted by atomic mass is 16.5. The number of esters is 1. The topological polar surface area (TPSA) is 120 Å². The van der Waals surface area contributed by atoms with Crippen LogP contribution in [0, 0.1) is 0 Å². The van der Waals surface area contributed by atoms with Crippen molar-refractivity contribution in [1.82, 2.24) is 4.90 Å². The maximum absolute atomic E-state index is 13.5. The number of aromatic hydroxyl groups is 2. The summed E-state index contributed by atoms with van der Waals surface area (Å²) < 4.78 is 5.73. The second kappa shape index (κ2) is 11.9. The number of nitrogens with zero attached hydrogens (tertiary/aromatic N) is 2. The summed E-state index contributed by atoms with van der Waals surface area (Å²) in [5.74, 6) is -1.50. The van der Waals surface area contributed by atoms with Crippen LogP contribution >= 0.6 is 0 Å². The fourth-order valence-electron chi connectivity index (χ4n) is 5.61. The molecule has 5 aromatic carbocycles.